The minimum atomic E-state index is 0.808. The van der Waals surface area contributed by atoms with Crippen LogP contribution in [-0.2, 0) is 0 Å². The van der Waals surface area contributed by atoms with Crippen LogP contribution in [0.1, 0.15) is 0 Å². The van der Waals surface area contributed by atoms with Crippen molar-refractivity contribution in [3.05, 3.63) is 182 Å². The van der Waals surface area contributed by atoms with Gasteiger partial charge in [-0.25, -0.2) is 4.98 Å². The number of para-hydroxylation sites is 2. The smallest absolute Gasteiger partial charge is 0.159 e. The van der Waals surface area contributed by atoms with Gasteiger partial charge in [-0.15, -0.1) is 0 Å². The van der Waals surface area contributed by atoms with Crippen LogP contribution in [0.3, 0.4) is 0 Å². The molecule has 0 saturated heterocycles. The molecule has 1 aliphatic rings. The van der Waals surface area contributed by atoms with E-state index in [1.54, 1.807) is 0 Å². The molecule has 3 nitrogen and oxygen atoms in total. The summed E-state index contributed by atoms with van der Waals surface area (Å²) in [6.45, 7) is 0. The molecular weight excluding hydrogens is 633 g/mol. The molecule has 0 bridgehead atoms. The van der Waals surface area contributed by atoms with Gasteiger partial charge < -0.3 is 4.74 Å². The van der Waals surface area contributed by atoms with Crippen molar-refractivity contribution in [2.24, 2.45) is 0 Å². The van der Waals surface area contributed by atoms with Gasteiger partial charge in [0.2, 0.25) is 0 Å². The summed E-state index contributed by atoms with van der Waals surface area (Å²) in [5.74, 6) is 2.54. The van der Waals surface area contributed by atoms with Crippen molar-refractivity contribution < 1.29 is 4.74 Å². The lowest BCUT2D eigenvalue weighted by atomic mass is 9.84. The van der Waals surface area contributed by atoms with Crippen LogP contribution < -0.4 is 4.74 Å². The zero-order chi connectivity index (χ0) is 34.2. The predicted octanol–water partition coefficient (Wildman–Crippen LogP) is 13.3. The van der Waals surface area contributed by atoms with E-state index in [0.717, 1.165) is 50.7 Å². The van der Waals surface area contributed by atoms with Gasteiger partial charge in [-0.2, -0.15) is 0 Å². The largest absolute Gasteiger partial charge is 0.452 e. The van der Waals surface area contributed by atoms with Crippen molar-refractivity contribution in [3.8, 4) is 62.0 Å². The number of aromatic nitrogens is 2. The molecule has 0 saturated carbocycles. The molecule has 52 heavy (non-hydrogen) atoms. The van der Waals surface area contributed by atoms with Crippen LogP contribution in [0.15, 0.2) is 182 Å². The number of ether oxygens (including phenoxy) is 1. The molecule has 0 amide bonds. The molecule has 0 radical (unpaired) electrons. The highest BCUT2D eigenvalue weighted by atomic mass is 16.5. The lowest BCUT2D eigenvalue weighted by Crippen LogP contribution is -2.06. The molecule has 2 heterocycles. The lowest BCUT2D eigenvalue weighted by molar-refractivity contribution is 0.477. The lowest BCUT2D eigenvalue weighted by Gasteiger charge is -2.24. The van der Waals surface area contributed by atoms with Crippen molar-refractivity contribution in [1.29, 1.82) is 0 Å². The Morgan fingerprint density at radius 1 is 0.423 bits per heavy atom. The standard InChI is InChI=1S/C49H30N2O/c1-3-14-32(15-4-1)45-38-19-9-10-20-39(38)46(36-26-25-31-13-7-8-18-34(31)29-36)41-30-35(27-28-40(41)45)37-21-11-23-43-48(37)52-44-24-12-22-42-47(44)51(43)49(50-42)33-16-5-2-6-17-33/h1-30H. The topological polar surface area (TPSA) is 27.1 Å². The molecule has 0 spiro atoms. The molecule has 242 valence electrons. The molecule has 1 aromatic heterocycles. The molecule has 0 N–H and O–H groups in total. The zero-order valence-corrected chi connectivity index (χ0v) is 28.1. The van der Waals surface area contributed by atoms with Gasteiger partial charge in [-0.3, -0.25) is 4.57 Å². The van der Waals surface area contributed by atoms with E-state index in [-0.39, 0.29) is 0 Å². The Hall–Kier alpha value is -6.97. The Bertz CT molecular complexity index is 3030. The number of nitrogens with zero attached hydrogens (tertiary/aromatic N) is 2. The Labute approximate surface area is 300 Å². The number of rotatable bonds is 4. The fourth-order valence-corrected chi connectivity index (χ4v) is 8.26. The second kappa shape index (κ2) is 11.3. The maximum Gasteiger partial charge on any atom is 0.159 e. The van der Waals surface area contributed by atoms with Crippen LogP contribution >= 0.6 is 0 Å². The first-order valence-corrected chi connectivity index (χ1v) is 17.7. The van der Waals surface area contributed by atoms with E-state index in [1.807, 2.05) is 18.2 Å². The van der Waals surface area contributed by atoms with Gasteiger partial charge >= 0.3 is 0 Å². The predicted molar refractivity (Wildman–Crippen MR) is 215 cm³/mol. The SMILES string of the molecule is c1ccc(-c2c3ccccc3c(-c3ccc4ccccc4c3)c3cc(-c4cccc5c4Oc4cccc6nc(-c7ccccc7)n-5c46)ccc23)cc1. The summed E-state index contributed by atoms with van der Waals surface area (Å²) in [5, 5.41) is 7.36. The van der Waals surface area contributed by atoms with Gasteiger partial charge in [0, 0.05) is 11.1 Å². The normalized spacial score (nSPS) is 12.0. The van der Waals surface area contributed by atoms with E-state index in [4.69, 9.17) is 9.72 Å². The molecule has 3 heteroatoms. The van der Waals surface area contributed by atoms with Gasteiger partial charge in [0.15, 0.2) is 11.5 Å². The molecule has 1 aliphatic heterocycles. The second-order valence-electron chi connectivity index (χ2n) is 13.5. The minimum absolute atomic E-state index is 0.808. The quantitative estimate of drug-likeness (QED) is 0.175. The van der Waals surface area contributed by atoms with Crippen LogP contribution in [0.25, 0.3) is 93.8 Å². The van der Waals surface area contributed by atoms with Crippen LogP contribution in [0.4, 0.5) is 0 Å². The van der Waals surface area contributed by atoms with Crippen molar-refractivity contribution in [3.63, 3.8) is 0 Å². The van der Waals surface area contributed by atoms with Gasteiger partial charge in [-0.05, 0) is 90.5 Å². The summed E-state index contributed by atoms with van der Waals surface area (Å²) in [6.07, 6.45) is 0. The number of fused-ring (bicyclic) bond motifs is 5. The second-order valence-corrected chi connectivity index (χ2v) is 13.5. The summed E-state index contributed by atoms with van der Waals surface area (Å²) in [6, 6.07) is 65.1. The number of hydrogen-bond donors (Lipinski definition) is 0. The fourth-order valence-electron chi connectivity index (χ4n) is 8.26. The number of hydrogen-bond acceptors (Lipinski definition) is 2. The highest BCUT2D eigenvalue weighted by molar-refractivity contribution is 6.22. The van der Waals surface area contributed by atoms with Crippen molar-refractivity contribution >= 4 is 43.4 Å². The molecule has 0 unspecified atom stereocenters. The summed E-state index contributed by atoms with van der Waals surface area (Å²) in [5.41, 5.74) is 11.0. The molecule has 0 fully saturated rings. The summed E-state index contributed by atoms with van der Waals surface area (Å²) >= 11 is 0. The van der Waals surface area contributed by atoms with Gasteiger partial charge in [-0.1, -0.05) is 152 Å². The Morgan fingerprint density at radius 3 is 1.88 bits per heavy atom. The summed E-state index contributed by atoms with van der Waals surface area (Å²) < 4.78 is 9.13. The molecule has 0 atom stereocenters. The number of benzene rings is 9. The minimum Gasteiger partial charge on any atom is -0.452 e. The van der Waals surface area contributed by atoms with Crippen molar-refractivity contribution in [1.82, 2.24) is 9.55 Å². The van der Waals surface area contributed by atoms with Gasteiger partial charge in [0.25, 0.3) is 0 Å². The molecular formula is C49H30N2O. The molecule has 11 rings (SSSR count). The average molecular weight is 663 g/mol. The third-order valence-electron chi connectivity index (χ3n) is 10.6. The maximum absolute atomic E-state index is 6.86. The third-order valence-corrected chi connectivity index (χ3v) is 10.6. The van der Waals surface area contributed by atoms with E-state index < -0.39 is 0 Å². The monoisotopic (exact) mass is 662 g/mol. The summed E-state index contributed by atoms with van der Waals surface area (Å²) in [4.78, 5) is 5.11. The van der Waals surface area contributed by atoms with Crippen LogP contribution in [0.2, 0.25) is 0 Å². The first-order chi connectivity index (χ1) is 25.8. The van der Waals surface area contributed by atoms with Crippen LogP contribution in [0, 0.1) is 0 Å². The van der Waals surface area contributed by atoms with E-state index in [2.05, 4.69) is 168 Å². The Morgan fingerprint density at radius 2 is 1.08 bits per heavy atom. The van der Waals surface area contributed by atoms with Crippen LogP contribution in [0.5, 0.6) is 11.5 Å². The fraction of sp³-hybridized carbons (Fsp3) is 0. The Balaban J connectivity index is 1.21. The zero-order valence-electron chi connectivity index (χ0n) is 28.1. The number of imidazole rings is 1. The average Bonchev–Trinajstić information content (AvgIpc) is 3.61. The van der Waals surface area contributed by atoms with E-state index in [9.17, 15) is 0 Å². The van der Waals surface area contributed by atoms with Crippen molar-refractivity contribution in [2.75, 3.05) is 0 Å². The van der Waals surface area contributed by atoms with Crippen LogP contribution in [-0.4, -0.2) is 9.55 Å². The Kier molecular flexibility index (Phi) is 6.25. The third kappa shape index (κ3) is 4.30. The molecule has 0 aliphatic carbocycles. The summed E-state index contributed by atoms with van der Waals surface area (Å²) in [7, 11) is 0. The van der Waals surface area contributed by atoms with Gasteiger partial charge in [0.05, 0.1) is 11.2 Å². The van der Waals surface area contributed by atoms with E-state index >= 15 is 0 Å². The van der Waals surface area contributed by atoms with Crippen molar-refractivity contribution in [2.45, 2.75) is 0 Å². The van der Waals surface area contributed by atoms with E-state index in [0.29, 0.717) is 0 Å². The van der Waals surface area contributed by atoms with Gasteiger partial charge in [0.1, 0.15) is 11.3 Å². The van der Waals surface area contributed by atoms with E-state index in [1.165, 1.54) is 54.6 Å². The first kappa shape index (κ1) is 28.8. The molecule has 10 aromatic rings. The highest BCUT2D eigenvalue weighted by Crippen LogP contribution is 2.50. The molecule has 9 aromatic carbocycles. The first-order valence-electron chi connectivity index (χ1n) is 17.7. The maximum atomic E-state index is 6.86. The highest BCUT2D eigenvalue weighted by Gasteiger charge is 2.27.